The quantitative estimate of drug-likeness (QED) is 0.610. The normalized spacial score (nSPS) is 10.4. The lowest BCUT2D eigenvalue weighted by Gasteiger charge is -2.16. The molecule has 0 unspecified atom stereocenters. The van der Waals surface area contributed by atoms with Crippen molar-refractivity contribution in [2.45, 2.75) is 19.4 Å². The summed E-state index contributed by atoms with van der Waals surface area (Å²) < 4.78 is 16.2. The van der Waals surface area contributed by atoms with Crippen molar-refractivity contribution < 1.29 is 14.2 Å². The van der Waals surface area contributed by atoms with Gasteiger partial charge in [-0.05, 0) is 37.6 Å². The minimum absolute atomic E-state index is 0.629. The zero-order valence-electron chi connectivity index (χ0n) is 15.2. The van der Waals surface area contributed by atoms with Crippen LogP contribution in [0.2, 0.25) is 0 Å². The van der Waals surface area contributed by atoms with E-state index in [9.17, 15) is 0 Å². The molecule has 0 aliphatic carbocycles. The molecule has 1 heterocycles. The Labute approximate surface area is 149 Å². The molecule has 0 radical (unpaired) electrons. The van der Waals surface area contributed by atoms with E-state index in [2.05, 4.69) is 15.6 Å². The molecule has 0 spiro atoms. The van der Waals surface area contributed by atoms with Crippen LogP contribution in [0.5, 0.6) is 17.2 Å². The first kappa shape index (κ1) is 18.9. The fourth-order valence-electron chi connectivity index (χ4n) is 2.58. The summed E-state index contributed by atoms with van der Waals surface area (Å²) in [7, 11) is 4.88. The van der Waals surface area contributed by atoms with E-state index >= 15 is 0 Å². The van der Waals surface area contributed by atoms with Crippen molar-refractivity contribution in [2.24, 2.45) is 0 Å². The SMILES string of the molecule is COc1ccc(CNCCCCNc2ccccn2)c(OC)c1OC. The minimum atomic E-state index is 0.629. The van der Waals surface area contributed by atoms with Crippen LogP contribution in [0.3, 0.4) is 0 Å². The predicted octanol–water partition coefficient (Wildman–Crippen LogP) is 3.09. The van der Waals surface area contributed by atoms with Crippen molar-refractivity contribution in [3.8, 4) is 17.2 Å². The molecule has 0 fully saturated rings. The van der Waals surface area contributed by atoms with Gasteiger partial charge in [0.2, 0.25) is 5.75 Å². The first-order valence-electron chi connectivity index (χ1n) is 8.43. The number of unbranched alkanes of at least 4 members (excludes halogenated alkanes) is 1. The summed E-state index contributed by atoms with van der Waals surface area (Å²) in [5.74, 6) is 2.93. The molecule has 0 saturated carbocycles. The van der Waals surface area contributed by atoms with E-state index in [-0.39, 0.29) is 0 Å². The van der Waals surface area contributed by atoms with Gasteiger partial charge in [-0.25, -0.2) is 4.98 Å². The monoisotopic (exact) mass is 345 g/mol. The number of nitrogens with one attached hydrogen (secondary N) is 2. The van der Waals surface area contributed by atoms with Gasteiger partial charge in [0, 0.05) is 24.8 Å². The third kappa shape index (κ3) is 5.53. The Morgan fingerprint density at radius 2 is 1.68 bits per heavy atom. The molecule has 1 aromatic heterocycles. The Kier molecular flexibility index (Phi) is 7.85. The average molecular weight is 345 g/mol. The third-order valence-electron chi connectivity index (χ3n) is 3.85. The summed E-state index contributed by atoms with van der Waals surface area (Å²) in [6.45, 7) is 2.57. The van der Waals surface area contributed by atoms with E-state index in [0.29, 0.717) is 17.2 Å². The summed E-state index contributed by atoms with van der Waals surface area (Å²) >= 11 is 0. The van der Waals surface area contributed by atoms with E-state index in [1.54, 1.807) is 27.5 Å². The van der Waals surface area contributed by atoms with Crippen LogP contribution in [0.25, 0.3) is 0 Å². The van der Waals surface area contributed by atoms with Gasteiger partial charge >= 0.3 is 0 Å². The first-order chi connectivity index (χ1) is 12.3. The Morgan fingerprint density at radius 1 is 0.880 bits per heavy atom. The van der Waals surface area contributed by atoms with Gasteiger partial charge in [-0.15, -0.1) is 0 Å². The van der Waals surface area contributed by atoms with Crippen LogP contribution in [0, 0.1) is 0 Å². The zero-order chi connectivity index (χ0) is 17.9. The zero-order valence-corrected chi connectivity index (χ0v) is 15.2. The largest absolute Gasteiger partial charge is 0.493 e. The van der Waals surface area contributed by atoms with E-state index in [1.165, 1.54) is 0 Å². The number of ether oxygens (including phenoxy) is 3. The van der Waals surface area contributed by atoms with Crippen LogP contribution in [0.1, 0.15) is 18.4 Å². The molecule has 0 bridgehead atoms. The highest BCUT2D eigenvalue weighted by Crippen LogP contribution is 2.39. The maximum absolute atomic E-state index is 5.49. The third-order valence-corrected chi connectivity index (χ3v) is 3.85. The van der Waals surface area contributed by atoms with Gasteiger partial charge < -0.3 is 24.8 Å². The molecular weight excluding hydrogens is 318 g/mol. The highest BCUT2D eigenvalue weighted by atomic mass is 16.5. The van der Waals surface area contributed by atoms with Crippen LogP contribution in [-0.4, -0.2) is 39.4 Å². The number of hydrogen-bond donors (Lipinski definition) is 2. The summed E-state index contributed by atoms with van der Waals surface area (Å²) in [6.07, 6.45) is 3.95. The molecule has 1 aromatic carbocycles. The average Bonchev–Trinajstić information content (AvgIpc) is 2.67. The number of methoxy groups -OCH3 is 3. The number of nitrogens with zero attached hydrogens (tertiary/aromatic N) is 1. The van der Waals surface area contributed by atoms with E-state index in [4.69, 9.17) is 14.2 Å². The predicted molar refractivity (Wildman–Crippen MR) is 99.8 cm³/mol. The second-order valence-corrected chi connectivity index (χ2v) is 5.52. The molecule has 0 aliphatic rings. The second-order valence-electron chi connectivity index (χ2n) is 5.52. The number of anilines is 1. The standard InChI is InChI=1S/C19H27N3O3/c1-23-16-10-9-15(18(24-2)19(16)25-3)14-20-11-6-7-13-22-17-8-4-5-12-21-17/h4-5,8-10,12,20H,6-7,11,13-14H2,1-3H3,(H,21,22). The fourth-order valence-corrected chi connectivity index (χ4v) is 2.58. The summed E-state index contributed by atoms with van der Waals surface area (Å²) in [4.78, 5) is 4.24. The number of aromatic nitrogens is 1. The number of hydrogen-bond acceptors (Lipinski definition) is 6. The topological polar surface area (TPSA) is 64.6 Å². The van der Waals surface area contributed by atoms with Crippen molar-refractivity contribution in [1.82, 2.24) is 10.3 Å². The molecule has 0 amide bonds. The molecule has 2 aromatic rings. The molecule has 136 valence electrons. The maximum Gasteiger partial charge on any atom is 0.203 e. The molecule has 2 N–H and O–H groups in total. The minimum Gasteiger partial charge on any atom is -0.493 e. The molecule has 0 aliphatic heterocycles. The van der Waals surface area contributed by atoms with Crippen molar-refractivity contribution in [2.75, 3.05) is 39.7 Å². The lowest BCUT2D eigenvalue weighted by atomic mass is 10.1. The number of pyridine rings is 1. The summed E-state index contributed by atoms with van der Waals surface area (Å²) in [6, 6.07) is 9.76. The van der Waals surface area contributed by atoms with Crippen LogP contribution in [-0.2, 0) is 6.54 Å². The molecule has 0 atom stereocenters. The van der Waals surface area contributed by atoms with Crippen LogP contribution >= 0.6 is 0 Å². The van der Waals surface area contributed by atoms with E-state index in [1.807, 2.05) is 30.3 Å². The molecule has 6 heteroatoms. The fraction of sp³-hybridized carbons (Fsp3) is 0.421. The van der Waals surface area contributed by atoms with Gasteiger partial charge in [-0.1, -0.05) is 12.1 Å². The Morgan fingerprint density at radius 3 is 2.36 bits per heavy atom. The molecular formula is C19H27N3O3. The summed E-state index contributed by atoms with van der Waals surface area (Å²) in [5, 5.41) is 6.75. The Bertz CT molecular complexity index is 635. The Balaban J connectivity index is 1.72. The van der Waals surface area contributed by atoms with E-state index < -0.39 is 0 Å². The molecule has 25 heavy (non-hydrogen) atoms. The van der Waals surface area contributed by atoms with Gasteiger partial charge in [-0.3, -0.25) is 0 Å². The van der Waals surface area contributed by atoms with Gasteiger partial charge in [0.15, 0.2) is 11.5 Å². The Hall–Kier alpha value is -2.47. The first-order valence-corrected chi connectivity index (χ1v) is 8.43. The smallest absolute Gasteiger partial charge is 0.203 e. The molecule has 2 rings (SSSR count). The van der Waals surface area contributed by atoms with Crippen molar-refractivity contribution >= 4 is 5.82 Å². The maximum atomic E-state index is 5.49. The lowest BCUT2D eigenvalue weighted by molar-refractivity contribution is 0.321. The van der Waals surface area contributed by atoms with Crippen molar-refractivity contribution in [3.63, 3.8) is 0 Å². The lowest BCUT2D eigenvalue weighted by Crippen LogP contribution is -2.16. The van der Waals surface area contributed by atoms with Crippen LogP contribution in [0.15, 0.2) is 36.5 Å². The van der Waals surface area contributed by atoms with Gasteiger partial charge in [-0.2, -0.15) is 0 Å². The highest BCUT2D eigenvalue weighted by Gasteiger charge is 2.15. The highest BCUT2D eigenvalue weighted by molar-refractivity contribution is 5.55. The van der Waals surface area contributed by atoms with Crippen LogP contribution in [0.4, 0.5) is 5.82 Å². The second kappa shape index (κ2) is 10.4. The molecule has 0 saturated heterocycles. The van der Waals surface area contributed by atoms with Crippen molar-refractivity contribution in [3.05, 3.63) is 42.1 Å². The van der Waals surface area contributed by atoms with Gasteiger partial charge in [0.05, 0.1) is 21.3 Å². The number of benzene rings is 1. The van der Waals surface area contributed by atoms with Crippen LogP contribution < -0.4 is 24.8 Å². The van der Waals surface area contributed by atoms with Gasteiger partial charge in [0.25, 0.3) is 0 Å². The molecule has 6 nitrogen and oxygen atoms in total. The summed E-state index contributed by atoms with van der Waals surface area (Å²) in [5.41, 5.74) is 1.05. The van der Waals surface area contributed by atoms with E-state index in [0.717, 1.165) is 43.9 Å². The van der Waals surface area contributed by atoms with Crippen molar-refractivity contribution in [1.29, 1.82) is 0 Å². The van der Waals surface area contributed by atoms with Gasteiger partial charge in [0.1, 0.15) is 5.82 Å². The number of rotatable bonds is 11.